The molecule has 0 atom stereocenters. The number of halogens is 2. The minimum atomic E-state index is -3.85. The van der Waals surface area contributed by atoms with Gasteiger partial charge in [-0.1, -0.05) is 30.3 Å². The van der Waals surface area contributed by atoms with Gasteiger partial charge in [0.1, 0.15) is 17.3 Å². The van der Waals surface area contributed by atoms with Crippen molar-refractivity contribution in [3.8, 4) is 0 Å². The quantitative estimate of drug-likeness (QED) is 0.560. The average molecular weight is 428 g/mol. The second kappa shape index (κ2) is 8.87. The van der Waals surface area contributed by atoms with Crippen LogP contribution in [-0.2, 0) is 10.0 Å². The predicted octanol–water partition coefficient (Wildman–Crippen LogP) is 4.60. The number of carbonyl (C=O) groups is 1. The summed E-state index contributed by atoms with van der Waals surface area (Å²) in [6, 6.07) is 16.8. The first kappa shape index (κ1) is 21.2. The average Bonchev–Trinajstić information content (AvgIpc) is 2.75. The zero-order chi connectivity index (χ0) is 21.7. The lowest BCUT2D eigenvalue weighted by atomic mass is 10.2. The summed E-state index contributed by atoms with van der Waals surface area (Å²) in [5, 5.41) is 2.19. The van der Waals surface area contributed by atoms with Gasteiger partial charge in [-0.15, -0.1) is 6.58 Å². The van der Waals surface area contributed by atoms with Crippen LogP contribution in [0.25, 0.3) is 0 Å². The maximum Gasteiger partial charge on any atom is 0.264 e. The van der Waals surface area contributed by atoms with E-state index in [1.807, 2.05) is 0 Å². The summed E-state index contributed by atoms with van der Waals surface area (Å²) in [5.41, 5.74) is -0.129. The van der Waals surface area contributed by atoms with Crippen molar-refractivity contribution < 1.29 is 22.0 Å². The van der Waals surface area contributed by atoms with E-state index in [-0.39, 0.29) is 17.0 Å². The van der Waals surface area contributed by atoms with Crippen LogP contribution < -0.4 is 9.62 Å². The second-order valence-corrected chi connectivity index (χ2v) is 8.10. The molecule has 3 rings (SSSR count). The second-order valence-electron chi connectivity index (χ2n) is 6.24. The van der Waals surface area contributed by atoms with E-state index in [4.69, 9.17) is 0 Å². The van der Waals surface area contributed by atoms with Gasteiger partial charge < -0.3 is 5.32 Å². The van der Waals surface area contributed by atoms with E-state index < -0.39 is 33.3 Å². The normalized spacial score (nSPS) is 11.0. The predicted molar refractivity (Wildman–Crippen MR) is 112 cm³/mol. The van der Waals surface area contributed by atoms with Crippen LogP contribution >= 0.6 is 0 Å². The highest BCUT2D eigenvalue weighted by Gasteiger charge is 2.24. The Kier molecular flexibility index (Phi) is 6.27. The molecule has 0 fully saturated rings. The summed E-state index contributed by atoms with van der Waals surface area (Å²) in [6.07, 6.45) is 1.45. The first-order valence-electron chi connectivity index (χ1n) is 8.88. The molecule has 0 bridgehead atoms. The van der Waals surface area contributed by atoms with Crippen LogP contribution in [0.3, 0.4) is 0 Å². The Morgan fingerprint density at radius 1 is 0.933 bits per heavy atom. The Labute approximate surface area is 173 Å². The van der Waals surface area contributed by atoms with E-state index in [9.17, 15) is 22.0 Å². The van der Waals surface area contributed by atoms with Crippen molar-refractivity contribution in [3.05, 3.63) is 103 Å². The van der Waals surface area contributed by atoms with Crippen molar-refractivity contribution in [2.75, 3.05) is 16.2 Å². The number of anilines is 2. The summed E-state index contributed by atoms with van der Waals surface area (Å²) >= 11 is 0. The molecule has 0 saturated heterocycles. The minimum Gasteiger partial charge on any atom is -0.317 e. The standard InChI is InChI=1S/C22H18F2N2O3S/c1-2-15-26(30(28,29)18-7-4-3-5-8-18)17-13-11-16(12-14-17)22(27)25-21-19(23)9-6-10-20(21)24/h2-14H,1,15H2,(H,25,27). The van der Waals surface area contributed by atoms with Crippen LogP contribution in [0, 0.1) is 11.6 Å². The van der Waals surface area contributed by atoms with Crippen LogP contribution in [-0.4, -0.2) is 20.9 Å². The van der Waals surface area contributed by atoms with Gasteiger partial charge in [0.25, 0.3) is 15.9 Å². The van der Waals surface area contributed by atoms with Crippen molar-refractivity contribution in [1.29, 1.82) is 0 Å². The van der Waals surface area contributed by atoms with Gasteiger partial charge in [-0.2, -0.15) is 0 Å². The van der Waals surface area contributed by atoms with Crippen LogP contribution in [0.5, 0.6) is 0 Å². The summed E-state index contributed by atoms with van der Waals surface area (Å²) in [5.74, 6) is -2.52. The molecule has 3 aromatic carbocycles. The molecule has 1 N–H and O–H groups in total. The van der Waals surface area contributed by atoms with Crippen molar-refractivity contribution in [1.82, 2.24) is 0 Å². The fraction of sp³-hybridized carbons (Fsp3) is 0.0455. The molecule has 154 valence electrons. The summed E-state index contributed by atoms with van der Waals surface area (Å²) < 4.78 is 54.6. The number of hydrogen-bond acceptors (Lipinski definition) is 3. The molecule has 3 aromatic rings. The molecule has 0 radical (unpaired) electrons. The van der Waals surface area contributed by atoms with Gasteiger partial charge in [-0.05, 0) is 48.5 Å². The molecule has 30 heavy (non-hydrogen) atoms. The molecule has 0 aliphatic carbocycles. The number of benzene rings is 3. The van der Waals surface area contributed by atoms with Gasteiger partial charge in [0.2, 0.25) is 0 Å². The van der Waals surface area contributed by atoms with Crippen molar-refractivity contribution in [2.45, 2.75) is 4.90 Å². The molecule has 5 nitrogen and oxygen atoms in total. The molecule has 0 aliphatic rings. The smallest absolute Gasteiger partial charge is 0.264 e. The Hall–Kier alpha value is -3.52. The van der Waals surface area contributed by atoms with Crippen LogP contribution in [0.4, 0.5) is 20.2 Å². The molecule has 1 amide bonds. The van der Waals surface area contributed by atoms with Gasteiger partial charge in [-0.25, -0.2) is 17.2 Å². The molecular weight excluding hydrogens is 410 g/mol. The summed E-state index contributed by atoms with van der Waals surface area (Å²) in [6.45, 7) is 3.62. The highest BCUT2D eigenvalue weighted by Crippen LogP contribution is 2.25. The van der Waals surface area contributed by atoms with E-state index in [1.165, 1.54) is 48.5 Å². The summed E-state index contributed by atoms with van der Waals surface area (Å²) in [7, 11) is -3.85. The fourth-order valence-electron chi connectivity index (χ4n) is 2.76. The zero-order valence-electron chi connectivity index (χ0n) is 15.8. The number of amides is 1. The zero-order valence-corrected chi connectivity index (χ0v) is 16.6. The SMILES string of the molecule is C=CCN(c1ccc(C(=O)Nc2c(F)cccc2F)cc1)S(=O)(=O)c1ccccc1. The van der Waals surface area contributed by atoms with Crippen LogP contribution in [0.2, 0.25) is 0 Å². The monoisotopic (exact) mass is 428 g/mol. The Morgan fingerprint density at radius 2 is 1.53 bits per heavy atom. The molecule has 0 aliphatic heterocycles. The molecule has 0 heterocycles. The van der Waals surface area contributed by atoms with Gasteiger partial charge in [0.05, 0.1) is 17.1 Å². The van der Waals surface area contributed by atoms with E-state index >= 15 is 0 Å². The maximum atomic E-state index is 13.7. The lowest BCUT2D eigenvalue weighted by Crippen LogP contribution is -2.31. The molecular formula is C22H18F2N2O3S. The van der Waals surface area contributed by atoms with Crippen molar-refractivity contribution in [3.63, 3.8) is 0 Å². The third-order valence-corrected chi connectivity index (χ3v) is 6.05. The van der Waals surface area contributed by atoms with Crippen molar-refractivity contribution >= 4 is 27.3 Å². The maximum absolute atomic E-state index is 13.7. The first-order chi connectivity index (χ1) is 14.3. The third kappa shape index (κ3) is 4.38. The first-order valence-corrected chi connectivity index (χ1v) is 10.3. The number of sulfonamides is 1. The molecule has 0 saturated carbocycles. The lowest BCUT2D eigenvalue weighted by molar-refractivity contribution is 0.102. The Balaban J connectivity index is 1.87. The van der Waals surface area contributed by atoms with Gasteiger partial charge in [0, 0.05) is 5.56 Å². The topological polar surface area (TPSA) is 66.5 Å². The van der Waals surface area contributed by atoms with E-state index in [1.54, 1.807) is 18.2 Å². The summed E-state index contributed by atoms with van der Waals surface area (Å²) in [4.78, 5) is 12.5. The van der Waals surface area contributed by atoms with E-state index in [0.29, 0.717) is 5.69 Å². The molecule has 0 aromatic heterocycles. The molecule has 0 spiro atoms. The largest absolute Gasteiger partial charge is 0.317 e. The molecule has 8 heteroatoms. The number of nitrogens with one attached hydrogen (secondary N) is 1. The van der Waals surface area contributed by atoms with Crippen molar-refractivity contribution in [2.24, 2.45) is 0 Å². The van der Waals surface area contributed by atoms with E-state index in [2.05, 4.69) is 11.9 Å². The lowest BCUT2D eigenvalue weighted by Gasteiger charge is -2.23. The van der Waals surface area contributed by atoms with Gasteiger partial charge in [-0.3, -0.25) is 9.10 Å². The van der Waals surface area contributed by atoms with Crippen LogP contribution in [0.1, 0.15) is 10.4 Å². The molecule has 0 unspecified atom stereocenters. The number of nitrogens with zero attached hydrogens (tertiary/aromatic N) is 1. The highest BCUT2D eigenvalue weighted by atomic mass is 32.2. The number of hydrogen-bond donors (Lipinski definition) is 1. The van der Waals surface area contributed by atoms with E-state index in [0.717, 1.165) is 16.4 Å². The Morgan fingerprint density at radius 3 is 2.10 bits per heavy atom. The fourth-order valence-corrected chi connectivity index (χ4v) is 4.22. The van der Waals surface area contributed by atoms with Crippen LogP contribution in [0.15, 0.2) is 90.3 Å². The Bertz CT molecular complexity index is 1140. The van der Waals surface area contributed by atoms with Gasteiger partial charge >= 0.3 is 0 Å². The number of rotatable bonds is 7. The van der Waals surface area contributed by atoms with Gasteiger partial charge in [0.15, 0.2) is 0 Å². The third-order valence-electron chi connectivity index (χ3n) is 4.24. The number of para-hydroxylation sites is 1. The highest BCUT2D eigenvalue weighted by molar-refractivity contribution is 7.92. The number of carbonyl (C=O) groups excluding carboxylic acids is 1. The minimum absolute atomic E-state index is 0.0171.